The SMILES string of the molecule is NC(CCO)c1[nH]c(=O)[nH]c1Br. The Morgan fingerprint density at radius 3 is 2.67 bits per heavy atom. The van der Waals surface area contributed by atoms with Crippen molar-refractivity contribution in [3.63, 3.8) is 0 Å². The van der Waals surface area contributed by atoms with E-state index in [-0.39, 0.29) is 18.3 Å². The molecular formula is C6H10BrN3O2. The van der Waals surface area contributed by atoms with Gasteiger partial charge in [0.1, 0.15) is 4.60 Å². The van der Waals surface area contributed by atoms with E-state index >= 15 is 0 Å². The molecule has 1 aromatic heterocycles. The van der Waals surface area contributed by atoms with Crippen LogP contribution in [0.15, 0.2) is 9.40 Å². The maximum Gasteiger partial charge on any atom is 0.324 e. The molecule has 1 rings (SSSR count). The lowest BCUT2D eigenvalue weighted by Gasteiger charge is -2.06. The van der Waals surface area contributed by atoms with Gasteiger partial charge in [-0.05, 0) is 22.4 Å². The third kappa shape index (κ3) is 1.96. The minimum Gasteiger partial charge on any atom is -0.396 e. The van der Waals surface area contributed by atoms with Crippen LogP contribution < -0.4 is 11.4 Å². The van der Waals surface area contributed by atoms with Gasteiger partial charge in [0, 0.05) is 12.6 Å². The van der Waals surface area contributed by atoms with Crippen LogP contribution in [0.3, 0.4) is 0 Å². The fraction of sp³-hybridized carbons (Fsp3) is 0.500. The molecule has 0 aliphatic heterocycles. The Hall–Kier alpha value is -0.590. The molecule has 1 heterocycles. The maximum absolute atomic E-state index is 10.8. The van der Waals surface area contributed by atoms with Gasteiger partial charge in [0.25, 0.3) is 0 Å². The van der Waals surface area contributed by atoms with E-state index in [4.69, 9.17) is 10.8 Å². The number of aromatic amines is 2. The summed E-state index contributed by atoms with van der Waals surface area (Å²) in [7, 11) is 0. The molecule has 68 valence electrons. The second-order valence-corrected chi connectivity index (χ2v) is 3.22. The zero-order chi connectivity index (χ0) is 9.14. The molecule has 0 fully saturated rings. The van der Waals surface area contributed by atoms with Crippen LogP contribution in [-0.2, 0) is 0 Å². The molecule has 0 saturated carbocycles. The topological polar surface area (TPSA) is 94.9 Å². The van der Waals surface area contributed by atoms with Gasteiger partial charge >= 0.3 is 5.69 Å². The lowest BCUT2D eigenvalue weighted by atomic mass is 10.2. The molecule has 0 aromatic carbocycles. The van der Waals surface area contributed by atoms with Crippen molar-refractivity contribution in [3.8, 4) is 0 Å². The molecular weight excluding hydrogens is 226 g/mol. The highest BCUT2D eigenvalue weighted by molar-refractivity contribution is 9.10. The third-order valence-corrected chi connectivity index (χ3v) is 2.14. The summed E-state index contributed by atoms with van der Waals surface area (Å²) in [5, 5.41) is 8.60. The molecule has 6 heteroatoms. The van der Waals surface area contributed by atoms with Gasteiger partial charge in [0.15, 0.2) is 0 Å². The molecule has 0 aliphatic rings. The van der Waals surface area contributed by atoms with Gasteiger partial charge in [-0.1, -0.05) is 0 Å². The minimum absolute atomic E-state index is 0.000811. The highest BCUT2D eigenvalue weighted by Gasteiger charge is 2.11. The third-order valence-electron chi connectivity index (χ3n) is 1.52. The lowest BCUT2D eigenvalue weighted by Crippen LogP contribution is -2.14. The molecule has 1 unspecified atom stereocenters. The molecule has 1 aromatic rings. The van der Waals surface area contributed by atoms with Crippen LogP contribution in [0.4, 0.5) is 0 Å². The molecule has 0 bridgehead atoms. The number of nitrogens with one attached hydrogen (secondary N) is 2. The van der Waals surface area contributed by atoms with Crippen LogP contribution in [0.25, 0.3) is 0 Å². The van der Waals surface area contributed by atoms with Crippen LogP contribution in [0.1, 0.15) is 18.2 Å². The van der Waals surface area contributed by atoms with Gasteiger partial charge < -0.3 is 20.8 Å². The molecule has 1 atom stereocenters. The van der Waals surface area contributed by atoms with Crippen molar-refractivity contribution < 1.29 is 5.11 Å². The summed E-state index contributed by atoms with van der Waals surface area (Å²) in [6.45, 7) is 0.000811. The van der Waals surface area contributed by atoms with Crippen molar-refractivity contribution in [2.75, 3.05) is 6.61 Å². The summed E-state index contributed by atoms with van der Waals surface area (Å²) in [5.74, 6) is 0. The first-order chi connectivity index (χ1) is 5.65. The van der Waals surface area contributed by atoms with E-state index in [1.54, 1.807) is 0 Å². The Morgan fingerprint density at radius 1 is 1.58 bits per heavy atom. The second kappa shape index (κ2) is 3.88. The quantitative estimate of drug-likeness (QED) is 0.587. The zero-order valence-corrected chi connectivity index (χ0v) is 7.89. The molecule has 0 aliphatic carbocycles. The van der Waals surface area contributed by atoms with E-state index in [2.05, 4.69) is 25.9 Å². The number of aromatic nitrogens is 2. The Labute approximate surface area is 77.1 Å². The molecule has 0 amide bonds. The monoisotopic (exact) mass is 235 g/mol. The number of H-pyrrole nitrogens is 2. The van der Waals surface area contributed by atoms with Gasteiger partial charge in [0.05, 0.1) is 5.69 Å². The fourth-order valence-corrected chi connectivity index (χ4v) is 1.49. The number of nitrogens with two attached hydrogens (primary N) is 1. The van der Waals surface area contributed by atoms with Crippen molar-refractivity contribution in [1.82, 2.24) is 9.97 Å². The Balaban J connectivity index is 2.86. The van der Waals surface area contributed by atoms with Gasteiger partial charge in [-0.15, -0.1) is 0 Å². The van der Waals surface area contributed by atoms with E-state index in [0.29, 0.717) is 16.7 Å². The summed E-state index contributed by atoms with van der Waals surface area (Å²) in [6, 6.07) is -0.344. The fourth-order valence-electron chi connectivity index (χ4n) is 0.914. The Kier molecular flexibility index (Phi) is 3.07. The van der Waals surface area contributed by atoms with Gasteiger partial charge in [-0.25, -0.2) is 4.79 Å². The summed E-state index contributed by atoms with van der Waals surface area (Å²) >= 11 is 3.14. The minimum atomic E-state index is -0.344. The highest BCUT2D eigenvalue weighted by Crippen LogP contribution is 2.17. The first kappa shape index (κ1) is 9.50. The van der Waals surface area contributed by atoms with Crippen molar-refractivity contribution >= 4 is 15.9 Å². The molecule has 0 saturated heterocycles. The van der Waals surface area contributed by atoms with Crippen molar-refractivity contribution in [3.05, 3.63) is 20.8 Å². The molecule has 5 nitrogen and oxygen atoms in total. The summed E-state index contributed by atoms with van der Waals surface area (Å²) < 4.78 is 0.549. The largest absolute Gasteiger partial charge is 0.396 e. The van der Waals surface area contributed by atoms with E-state index in [1.807, 2.05) is 0 Å². The predicted octanol–water partition coefficient (Wildman–Crippen LogP) is -0.152. The van der Waals surface area contributed by atoms with E-state index in [0.717, 1.165) is 0 Å². The molecule has 12 heavy (non-hydrogen) atoms. The average Bonchev–Trinajstić information content (AvgIpc) is 2.30. The van der Waals surface area contributed by atoms with E-state index in [1.165, 1.54) is 0 Å². The number of imidazole rings is 1. The van der Waals surface area contributed by atoms with Crippen molar-refractivity contribution in [2.24, 2.45) is 5.73 Å². The standard InChI is InChI=1S/C6H10BrN3O2/c7-5-4(3(8)1-2-11)9-6(12)10-5/h3,11H,1-2,8H2,(H2,9,10,12). The van der Waals surface area contributed by atoms with Crippen LogP contribution >= 0.6 is 15.9 Å². The number of halogens is 1. The van der Waals surface area contributed by atoms with E-state index < -0.39 is 0 Å². The molecule has 0 radical (unpaired) electrons. The van der Waals surface area contributed by atoms with Gasteiger partial charge in [-0.2, -0.15) is 0 Å². The van der Waals surface area contributed by atoms with Gasteiger partial charge in [-0.3, -0.25) is 0 Å². The first-order valence-electron chi connectivity index (χ1n) is 3.49. The Bertz CT molecular complexity index is 306. The van der Waals surface area contributed by atoms with Gasteiger partial charge in [0.2, 0.25) is 0 Å². The van der Waals surface area contributed by atoms with Crippen LogP contribution in [0.2, 0.25) is 0 Å². The summed E-state index contributed by atoms with van der Waals surface area (Å²) in [6.07, 6.45) is 0.423. The highest BCUT2D eigenvalue weighted by atomic mass is 79.9. The van der Waals surface area contributed by atoms with E-state index in [9.17, 15) is 4.79 Å². The summed E-state index contributed by atoms with van der Waals surface area (Å²) in [4.78, 5) is 15.8. The van der Waals surface area contributed by atoms with Crippen LogP contribution in [0, 0.1) is 0 Å². The first-order valence-corrected chi connectivity index (χ1v) is 4.28. The van der Waals surface area contributed by atoms with Crippen molar-refractivity contribution in [2.45, 2.75) is 12.5 Å². The van der Waals surface area contributed by atoms with Crippen molar-refractivity contribution in [1.29, 1.82) is 0 Å². The normalized spacial score (nSPS) is 13.2. The number of rotatable bonds is 3. The number of aliphatic hydroxyl groups excluding tert-OH is 1. The maximum atomic E-state index is 10.8. The van der Waals surface area contributed by atoms with Crippen LogP contribution in [-0.4, -0.2) is 21.7 Å². The Morgan fingerprint density at radius 2 is 2.25 bits per heavy atom. The smallest absolute Gasteiger partial charge is 0.324 e. The molecule has 5 N–H and O–H groups in total. The predicted molar refractivity (Wildman–Crippen MR) is 47.7 cm³/mol. The lowest BCUT2D eigenvalue weighted by molar-refractivity contribution is 0.275. The number of hydrogen-bond acceptors (Lipinski definition) is 3. The number of hydrogen-bond donors (Lipinski definition) is 4. The average molecular weight is 236 g/mol. The summed E-state index contributed by atoms with van der Waals surface area (Å²) in [5.41, 5.74) is 5.93. The second-order valence-electron chi connectivity index (χ2n) is 2.43. The van der Waals surface area contributed by atoms with Crippen LogP contribution in [0.5, 0.6) is 0 Å². The molecule has 0 spiro atoms. The number of aliphatic hydroxyl groups is 1. The zero-order valence-electron chi connectivity index (χ0n) is 6.30.